The van der Waals surface area contributed by atoms with Crippen LogP contribution in [0.4, 0.5) is 0 Å². The molecule has 1 aromatic heterocycles. The molecule has 1 heterocycles. The van der Waals surface area contributed by atoms with Crippen molar-refractivity contribution in [3.63, 3.8) is 0 Å². The minimum atomic E-state index is -0.572. The molecule has 0 fully saturated rings. The lowest BCUT2D eigenvalue weighted by Gasteiger charge is -1.98. The number of methoxy groups -OCH3 is 1. The van der Waals surface area contributed by atoms with Gasteiger partial charge in [-0.3, -0.25) is 0 Å². The SMILES string of the molecule is CCOC(=O)C(Br)=Cc1ccc(C(=O)OC)o1. The predicted octanol–water partition coefficient (Wildman–Crippen LogP) is 2.37. The van der Waals surface area contributed by atoms with Gasteiger partial charge in [0.05, 0.1) is 13.7 Å². The molecule has 0 amide bonds. The van der Waals surface area contributed by atoms with Crippen LogP contribution in [0.5, 0.6) is 0 Å². The highest BCUT2D eigenvalue weighted by Crippen LogP contribution is 2.17. The molecule has 6 heteroatoms. The molecule has 92 valence electrons. The van der Waals surface area contributed by atoms with E-state index in [1.165, 1.54) is 19.3 Å². The van der Waals surface area contributed by atoms with Crippen LogP contribution in [0, 0.1) is 0 Å². The number of rotatable bonds is 4. The Balaban J connectivity index is 2.81. The van der Waals surface area contributed by atoms with Gasteiger partial charge in [0.25, 0.3) is 0 Å². The zero-order valence-corrected chi connectivity index (χ0v) is 10.9. The molecule has 0 unspecified atom stereocenters. The molecule has 0 aliphatic rings. The molecule has 0 bridgehead atoms. The second-order valence-corrected chi connectivity index (χ2v) is 3.76. The van der Waals surface area contributed by atoms with Crippen LogP contribution in [-0.4, -0.2) is 25.7 Å². The Morgan fingerprint density at radius 1 is 1.47 bits per heavy atom. The second kappa shape index (κ2) is 6.24. The van der Waals surface area contributed by atoms with Gasteiger partial charge in [0.15, 0.2) is 0 Å². The molecule has 0 aliphatic carbocycles. The van der Waals surface area contributed by atoms with Crippen molar-refractivity contribution in [3.05, 3.63) is 28.1 Å². The van der Waals surface area contributed by atoms with E-state index in [1.807, 2.05) is 0 Å². The van der Waals surface area contributed by atoms with E-state index in [1.54, 1.807) is 13.0 Å². The number of carbonyl (C=O) groups is 2. The number of esters is 2. The van der Waals surface area contributed by atoms with Gasteiger partial charge >= 0.3 is 11.9 Å². The average Bonchev–Trinajstić information content (AvgIpc) is 2.76. The summed E-state index contributed by atoms with van der Waals surface area (Å²) in [6.45, 7) is 1.99. The molecular weight excluding hydrogens is 292 g/mol. The van der Waals surface area contributed by atoms with Crippen molar-refractivity contribution in [3.8, 4) is 0 Å². The third-order valence-corrected chi connectivity index (χ3v) is 2.31. The maximum Gasteiger partial charge on any atom is 0.373 e. The smallest absolute Gasteiger partial charge is 0.373 e. The lowest BCUT2D eigenvalue weighted by Crippen LogP contribution is -2.02. The van der Waals surface area contributed by atoms with Gasteiger partial charge in [0.1, 0.15) is 10.2 Å². The summed E-state index contributed by atoms with van der Waals surface area (Å²) in [5, 5.41) is 0. The Hall–Kier alpha value is -1.56. The molecule has 0 N–H and O–H groups in total. The standard InChI is InChI=1S/C11H11BrO5/c1-3-16-10(13)8(12)6-7-4-5-9(17-7)11(14)15-2/h4-6H,3H2,1-2H3. The van der Waals surface area contributed by atoms with Crippen LogP contribution in [-0.2, 0) is 14.3 Å². The van der Waals surface area contributed by atoms with E-state index in [0.717, 1.165) is 0 Å². The Labute approximate surface area is 107 Å². The molecule has 0 aromatic carbocycles. The van der Waals surface area contributed by atoms with Crippen molar-refractivity contribution in [2.75, 3.05) is 13.7 Å². The highest BCUT2D eigenvalue weighted by Gasteiger charge is 2.12. The van der Waals surface area contributed by atoms with E-state index in [-0.39, 0.29) is 16.8 Å². The minimum Gasteiger partial charge on any atom is -0.463 e. The molecular formula is C11H11BrO5. The minimum absolute atomic E-state index is 0.0721. The third-order valence-electron chi connectivity index (χ3n) is 1.75. The largest absolute Gasteiger partial charge is 0.463 e. The van der Waals surface area contributed by atoms with Crippen LogP contribution < -0.4 is 0 Å². The van der Waals surface area contributed by atoms with Crippen molar-refractivity contribution in [2.24, 2.45) is 0 Å². The summed E-state index contributed by atoms with van der Waals surface area (Å²) in [5.41, 5.74) is 0. The topological polar surface area (TPSA) is 65.7 Å². The number of ether oxygens (including phenoxy) is 2. The Bertz CT molecular complexity index is 446. The molecule has 5 nitrogen and oxygen atoms in total. The van der Waals surface area contributed by atoms with E-state index in [0.29, 0.717) is 5.76 Å². The fourth-order valence-electron chi connectivity index (χ4n) is 1.02. The summed E-state index contributed by atoms with van der Waals surface area (Å²) >= 11 is 3.05. The molecule has 0 saturated carbocycles. The van der Waals surface area contributed by atoms with E-state index in [2.05, 4.69) is 20.7 Å². The maximum atomic E-state index is 11.3. The van der Waals surface area contributed by atoms with E-state index in [4.69, 9.17) is 9.15 Å². The molecule has 0 radical (unpaired) electrons. The zero-order chi connectivity index (χ0) is 12.8. The van der Waals surface area contributed by atoms with Gasteiger partial charge < -0.3 is 13.9 Å². The number of halogens is 1. The van der Waals surface area contributed by atoms with Gasteiger partial charge in [0, 0.05) is 6.08 Å². The van der Waals surface area contributed by atoms with E-state index >= 15 is 0 Å². The van der Waals surface area contributed by atoms with Crippen molar-refractivity contribution in [1.82, 2.24) is 0 Å². The zero-order valence-electron chi connectivity index (χ0n) is 9.36. The van der Waals surface area contributed by atoms with Gasteiger partial charge in [-0.15, -0.1) is 0 Å². The van der Waals surface area contributed by atoms with Gasteiger partial charge in [-0.2, -0.15) is 0 Å². The lowest BCUT2D eigenvalue weighted by atomic mass is 10.4. The summed E-state index contributed by atoms with van der Waals surface area (Å²) in [6.07, 6.45) is 1.42. The monoisotopic (exact) mass is 302 g/mol. The Kier molecular flexibility index (Phi) is 4.96. The van der Waals surface area contributed by atoms with Crippen LogP contribution in [0.3, 0.4) is 0 Å². The summed E-state index contributed by atoms with van der Waals surface area (Å²) in [5.74, 6) is -0.645. The average molecular weight is 303 g/mol. The number of hydrogen-bond acceptors (Lipinski definition) is 5. The van der Waals surface area contributed by atoms with Gasteiger partial charge in [-0.25, -0.2) is 9.59 Å². The molecule has 0 aliphatic heterocycles. The molecule has 0 atom stereocenters. The van der Waals surface area contributed by atoms with Crippen molar-refractivity contribution in [2.45, 2.75) is 6.92 Å². The molecule has 0 spiro atoms. The highest BCUT2D eigenvalue weighted by atomic mass is 79.9. The second-order valence-electron chi connectivity index (χ2n) is 2.91. The summed E-state index contributed by atoms with van der Waals surface area (Å²) in [4.78, 5) is 22.4. The first-order valence-corrected chi connectivity index (χ1v) is 5.60. The lowest BCUT2D eigenvalue weighted by molar-refractivity contribution is -0.137. The van der Waals surface area contributed by atoms with Crippen LogP contribution in [0.25, 0.3) is 6.08 Å². The quantitative estimate of drug-likeness (QED) is 0.631. The molecule has 17 heavy (non-hydrogen) atoms. The van der Waals surface area contributed by atoms with Gasteiger partial charge in [0.2, 0.25) is 5.76 Å². The van der Waals surface area contributed by atoms with E-state index in [9.17, 15) is 9.59 Å². The van der Waals surface area contributed by atoms with Crippen LogP contribution in [0.15, 0.2) is 21.0 Å². The third kappa shape index (κ3) is 3.74. The van der Waals surface area contributed by atoms with Crippen molar-refractivity contribution >= 4 is 33.9 Å². The van der Waals surface area contributed by atoms with Crippen molar-refractivity contribution in [1.29, 1.82) is 0 Å². The summed E-state index contributed by atoms with van der Waals surface area (Å²) in [6, 6.07) is 3.01. The summed E-state index contributed by atoms with van der Waals surface area (Å²) in [7, 11) is 1.26. The summed E-state index contributed by atoms with van der Waals surface area (Å²) < 4.78 is 14.6. The van der Waals surface area contributed by atoms with Crippen LogP contribution in [0.2, 0.25) is 0 Å². The first kappa shape index (κ1) is 13.5. The predicted molar refractivity (Wildman–Crippen MR) is 63.6 cm³/mol. The Morgan fingerprint density at radius 3 is 2.76 bits per heavy atom. The Morgan fingerprint density at radius 2 is 2.18 bits per heavy atom. The molecule has 0 saturated heterocycles. The first-order valence-electron chi connectivity index (χ1n) is 4.81. The molecule has 1 rings (SSSR count). The van der Waals surface area contributed by atoms with E-state index < -0.39 is 11.9 Å². The van der Waals surface area contributed by atoms with Crippen LogP contribution in [0.1, 0.15) is 23.2 Å². The number of hydrogen-bond donors (Lipinski definition) is 0. The van der Waals surface area contributed by atoms with Crippen LogP contribution >= 0.6 is 15.9 Å². The fraction of sp³-hybridized carbons (Fsp3) is 0.273. The number of furan rings is 1. The first-order chi connectivity index (χ1) is 8.08. The number of carbonyl (C=O) groups excluding carboxylic acids is 2. The highest BCUT2D eigenvalue weighted by molar-refractivity contribution is 9.12. The van der Waals surface area contributed by atoms with Crippen molar-refractivity contribution < 1.29 is 23.5 Å². The maximum absolute atomic E-state index is 11.3. The normalized spacial score (nSPS) is 11.1. The molecule has 1 aromatic rings. The van der Waals surface area contributed by atoms with Gasteiger partial charge in [-0.1, -0.05) is 0 Å². The van der Waals surface area contributed by atoms with Gasteiger partial charge in [-0.05, 0) is 35.0 Å². The fourth-order valence-corrected chi connectivity index (χ4v) is 1.36.